The van der Waals surface area contributed by atoms with E-state index in [1.165, 1.54) is 4.88 Å². The number of rotatable bonds is 5. The van der Waals surface area contributed by atoms with Gasteiger partial charge in [0.25, 0.3) is 0 Å². The average Bonchev–Trinajstić information content (AvgIpc) is 2.87. The second-order valence-electron chi connectivity index (χ2n) is 5.69. The predicted octanol–water partition coefficient (Wildman–Crippen LogP) is 4.87. The first-order chi connectivity index (χ1) is 9.46. The molecular formula is C16H20ClNOS. The van der Waals surface area contributed by atoms with Gasteiger partial charge in [-0.3, -0.25) is 0 Å². The Morgan fingerprint density at radius 1 is 1.20 bits per heavy atom. The van der Waals surface area contributed by atoms with Gasteiger partial charge in [0.05, 0.1) is 0 Å². The van der Waals surface area contributed by atoms with Crippen LogP contribution >= 0.6 is 22.9 Å². The third kappa shape index (κ3) is 4.51. The van der Waals surface area contributed by atoms with Gasteiger partial charge in [0.2, 0.25) is 0 Å². The SMILES string of the molecule is CC(C)(C)NCc1c(Cl)cccc1OCc1cccs1. The molecule has 0 atom stereocenters. The van der Waals surface area contributed by atoms with Crippen molar-refractivity contribution in [2.45, 2.75) is 39.5 Å². The molecule has 0 saturated heterocycles. The van der Waals surface area contributed by atoms with E-state index in [0.29, 0.717) is 13.2 Å². The summed E-state index contributed by atoms with van der Waals surface area (Å²) in [5.74, 6) is 0.850. The van der Waals surface area contributed by atoms with Gasteiger partial charge in [0.15, 0.2) is 0 Å². The van der Waals surface area contributed by atoms with Crippen molar-refractivity contribution >= 4 is 22.9 Å². The zero-order chi connectivity index (χ0) is 14.6. The molecule has 2 rings (SSSR count). The molecule has 2 nitrogen and oxygen atoms in total. The summed E-state index contributed by atoms with van der Waals surface area (Å²) < 4.78 is 5.91. The number of hydrogen-bond acceptors (Lipinski definition) is 3. The van der Waals surface area contributed by atoms with Gasteiger partial charge in [-0.25, -0.2) is 0 Å². The van der Waals surface area contributed by atoms with Crippen LogP contribution in [0.4, 0.5) is 0 Å². The van der Waals surface area contributed by atoms with E-state index in [-0.39, 0.29) is 5.54 Å². The zero-order valence-electron chi connectivity index (χ0n) is 12.1. The Labute approximate surface area is 129 Å². The Morgan fingerprint density at radius 2 is 2.00 bits per heavy atom. The lowest BCUT2D eigenvalue weighted by Gasteiger charge is -2.22. The van der Waals surface area contributed by atoms with Crippen LogP contribution in [0.1, 0.15) is 31.2 Å². The summed E-state index contributed by atoms with van der Waals surface area (Å²) in [4.78, 5) is 1.21. The number of thiophene rings is 1. The van der Waals surface area contributed by atoms with Crippen LogP contribution in [0.5, 0.6) is 5.75 Å². The van der Waals surface area contributed by atoms with Crippen molar-refractivity contribution in [1.29, 1.82) is 0 Å². The molecule has 0 unspecified atom stereocenters. The first-order valence-electron chi connectivity index (χ1n) is 6.63. The van der Waals surface area contributed by atoms with Crippen LogP contribution in [0.3, 0.4) is 0 Å². The third-order valence-electron chi connectivity index (χ3n) is 2.82. The molecule has 0 aliphatic carbocycles. The molecule has 1 heterocycles. The van der Waals surface area contributed by atoms with Crippen LogP contribution in [-0.4, -0.2) is 5.54 Å². The number of ether oxygens (including phenoxy) is 1. The minimum atomic E-state index is 0.0458. The van der Waals surface area contributed by atoms with E-state index in [1.54, 1.807) is 11.3 Å². The van der Waals surface area contributed by atoms with Gasteiger partial charge < -0.3 is 10.1 Å². The van der Waals surface area contributed by atoms with Crippen molar-refractivity contribution in [3.8, 4) is 5.75 Å². The normalized spacial score (nSPS) is 11.6. The summed E-state index contributed by atoms with van der Waals surface area (Å²) in [5.41, 5.74) is 1.06. The number of nitrogens with one attached hydrogen (secondary N) is 1. The van der Waals surface area contributed by atoms with Gasteiger partial charge in [0.1, 0.15) is 12.4 Å². The Bertz CT molecular complexity index is 546. The average molecular weight is 310 g/mol. The summed E-state index contributed by atoms with van der Waals surface area (Å²) in [5, 5.41) is 6.25. The molecule has 2 aromatic rings. The smallest absolute Gasteiger partial charge is 0.125 e. The molecule has 0 fully saturated rings. The molecule has 0 aliphatic heterocycles. The molecule has 1 aromatic carbocycles. The van der Waals surface area contributed by atoms with E-state index in [1.807, 2.05) is 24.3 Å². The molecule has 1 aromatic heterocycles. The van der Waals surface area contributed by atoms with E-state index in [4.69, 9.17) is 16.3 Å². The van der Waals surface area contributed by atoms with Crippen molar-refractivity contribution in [2.24, 2.45) is 0 Å². The molecule has 0 aliphatic rings. The fourth-order valence-electron chi connectivity index (χ4n) is 1.74. The highest BCUT2D eigenvalue weighted by atomic mass is 35.5. The number of hydrogen-bond donors (Lipinski definition) is 1. The van der Waals surface area contributed by atoms with Gasteiger partial charge in [-0.15, -0.1) is 11.3 Å². The first-order valence-corrected chi connectivity index (χ1v) is 7.89. The molecule has 0 saturated carbocycles. The topological polar surface area (TPSA) is 21.3 Å². The second kappa shape index (κ2) is 6.61. The molecule has 108 valence electrons. The van der Waals surface area contributed by atoms with Crippen LogP contribution in [0.15, 0.2) is 35.7 Å². The van der Waals surface area contributed by atoms with Crippen LogP contribution in [0, 0.1) is 0 Å². The Morgan fingerprint density at radius 3 is 2.65 bits per heavy atom. The zero-order valence-corrected chi connectivity index (χ0v) is 13.6. The largest absolute Gasteiger partial charge is 0.488 e. The Balaban J connectivity index is 2.09. The summed E-state index contributed by atoms with van der Waals surface area (Å²) in [6.45, 7) is 7.69. The maximum atomic E-state index is 6.30. The second-order valence-corrected chi connectivity index (χ2v) is 7.13. The monoisotopic (exact) mass is 309 g/mol. The fraction of sp³-hybridized carbons (Fsp3) is 0.375. The lowest BCUT2D eigenvalue weighted by molar-refractivity contribution is 0.303. The Hall–Kier alpha value is -1.03. The lowest BCUT2D eigenvalue weighted by atomic mass is 10.1. The minimum Gasteiger partial charge on any atom is -0.488 e. The van der Waals surface area contributed by atoms with Crippen molar-refractivity contribution < 1.29 is 4.74 Å². The highest BCUT2D eigenvalue weighted by Crippen LogP contribution is 2.28. The molecular weight excluding hydrogens is 290 g/mol. The summed E-state index contributed by atoms with van der Waals surface area (Å²) in [6, 6.07) is 9.90. The molecule has 20 heavy (non-hydrogen) atoms. The molecule has 1 N–H and O–H groups in total. The Kier molecular flexibility index (Phi) is 5.08. The van der Waals surface area contributed by atoms with E-state index in [2.05, 4.69) is 37.5 Å². The lowest BCUT2D eigenvalue weighted by Crippen LogP contribution is -2.35. The molecule has 0 radical (unpaired) electrons. The maximum absolute atomic E-state index is 6.30. The van der Waals surface area contributed by atoms with Crippen LogP contribution in [0.25, 0.3) is 0 Å². The minimum absolute atomic E-state index is 0.0458. The predicted molar refractivity (Wildman–Crippen MR) is 86.7 cm³/mol. The van der Waals surface area contributed by atoms with Crippen molar-refractivity contribution in [3.05, 3.63) is 51.2 Å². The van der Waals surface area contributed by atoms with Crippen molar-refractivity contribution in [1.82, 2.24) is 5.32 Å². The van der Waals surface area contributed by atoms with E-state index < -0.39 is 0 Å². The molecule has 0 amide bonds. The van der Waals surface area contributed by atoms with Crippen molar-refractivity contribution in [2.75, 3.05) is 0 Å². The van der Waals surface area contributed by atoms with E-state index in [9.17, 15) is 0 Å². The highest BCUT2D eigenvalue weighted by molar-refractivity contribution is 7.09. The van der Waals surface area contributed by atoms with E-state index in [0.717, 1.165) is 16.3 Å². The summed E-state index contributed by atoms with van der Waals surface area (Å²) in [6.07, 6.45) is 0. The van der Waals surface area contributed by atoms with Gasteiger partial charge in [-0.2, -0.15) is 0 Å². The van der Waals surface area contributed by atoms with Crippen LogP contribution in [-0.2, 0) is 13.2 Å². The highest BCUT2D eigenvalue weighted by Gasteiger charge is 2.13. The van der Waals surface area contributed by atoms with Gasteiger partial charge in [-0.1, -0.05) is 23.7 Å². The van der Waals surface area contributed by atoms with E-state index >= 15 is 0 Å². The summed E-state index contributed by atoms with van der Waals surface area (Å²) in [7, 11) is 0. The summed E-state index contributed by atoms with van der Waals surface area (Å²) >= 11 is 8.00. The molecule has 4 heteroatoms. The van der Waals surface area contributed by atoms with Crippen LogP contribution in [0.2, 0.25) is 5.02 Å². The quantitative estimate of drug-likeness (QED) is 0.851. The van der Waals surface area contributed by atoms with Crippen molar-refractivity contribution in [3.63, 3.8) is 0 Å². The number of benzene rings is 1. The number of halogens is 1. The van der Waals surface area contributed by atoms with Gasteiger partial charge in [0, 0.05) is 27.5 Å². The van der Waals surface area contributed by atoms with Gasteiger partial charge in [-0.05, 0) is 44.4 Å². The molecule has 0 bridgehead atoms. The fourth-order valence-corrected chi connectivity index (χ4v) is 2.59. The first kappa shape index (κ1) is 15.4. The third-order valence-corrected chi connectivity index (χ3v) is 4.03. The van der Waals surface area contributed by atoms with Gasteiger partial charge >= 0.3 is 0 Å². The van der Waals surface area contributed by atoms with Crippen LogP contribution < -0.4 is 10.1 Å². The maximum Gasteiger partial charge on any atom is 0.125 e. The molecule has 0 spiro atoms. The standard InChI is InChI=1S/C16H20ClNOS/c1-16(2,3)18-10-13-14(17)7-4-8-15(13)19-11-12-6-5-9-20-12/h4-9,18H,10-11H2,1-3H3.